The molecule has 6 nitrogen and oxygen atoms in total. The summed E-state index contributed by atoms with van der Waals surface area (Å²) in [6.45, 7) is 3.52. The second-order valence-corrected chi connectivity index (χ2v) is 10.9. The molecule has 4 rings (SSSR count). The van der Waals surface area contributed by atoms with E-state index in [2.05, 4.69) is 5.32 Å². The second kappa shape index (κ2) is 8.98. The molecule has 0 radical (unpaired) electrons. The van der Waals surface area contributed by atoms with Crippen LogP contribution in [0, 0.1) is 6.92 Å². The summed E-state index contributed by atoms with van der Waals surface area (Å²) in [7, 11) is -3.48. The molecular formula is C23H26N2O4S2. The number of rotatable bonds is 7. The summed E-state index contributed by atoms with van der Waals surface area (Å²) in [4.78, 5) is 13.2. The third-order valence-electron chi connectivity index (χ3n) is 5.37. The Balaban J connectivity index is 1.56. The molecule has 164 valence electrons. The summed E-state index contributed by atoms with van der Waals surface area (Å²) in [5.74, 6) is -0.127. The molecule has 1 unspecified atom stereocenters. The third kappa shape index (κ3) is 5.26. The smallest absolute Gasteiger partial charge is 0.261 e. The normalized spacial score (nSPS) is 16.5. The highest BCUT2D eigenvalue weighted by molar-refractivity contribution is 7.92. The summed E-state index contributed by atoms with van der Waals surface area (Å²) < 4.78 is 32.9. The molecule has 1 saturated heterocycles. The van der Waals surface area contributed by atoms with Crippen molar-refractivity contribution in [2.24, 2.45) is 0 Å². The van der Waals surface area contributed by atoms with Gasteiger partial charge in [-0.3, -0.25) is 9.10 Å². The standard InChI is InChI=1S/C23H26N2O4S2/c1-16-5-7-17(8-6-16)15-25(31(2,27)28)19-9-10-21-18(12-19)13-22(30-21)23(26)24-14-20-4-3-11-29-20/h5-10,12-13,20H,3-4,11,14-15H2,1-2H3,(H,24,26). The van der Waals surface area contributed by atoms with Gasteiger partial charge in [0.15, 0.2) is 0 Å². The first-order valence-corrected chi connectivity index (χ1v) is 12.9. The van der Waals surface area contributed by atoms with Crippen molar-refractivity contribution in [1.29, 1.82) is 0 Å². The minimum Gasteiger partial charge on any atom is -0.376 e. The van der Waals surface area contributed by atoms with E-state index in [1.165, 1.54) is 21.9 Å². The Kier molecular flexibility index (Phi) is 6.31. The molecule has 8 heteroatoms. The highest BCUT2D eigenvalue weighted by Gasteiger charge is 2.20. The molecule has 1 N–H and O–H groups in total. The first kappa shape index (κ1) is 21.8. The van der Waals surface area contributed by atoms with Gasteiger partial charge in [-0.2, -0.15) is 0 Å². The zero-order valence-electron chi connectivity index (χ0n) is 17.6. The van der Waals surface area contributed by atoms with Gasteiger partial charge in [-0.15, -0.1) is 11.3 Å². The van der Waals surface area contributed by atoms with Crippen LogP contribution in [0.2, 0.25) is 0 Å². The van der Waals surface area contributed by atoms with E-state index >= 15 is 0 Å². The third-order valence-corrected chi connectivity index (χ3v) is 7.63. The number of benzene rings is 2. The Morgan fingerprint density at radius 3 is 2.65 bits per heavy atom. The molecule has 1 aliphatic heterocycles. The number of amides is 1. The summed E-state index contributed by atoms with van der Waals surface area (Å²) >= 11 is 1.40. The lowest BCUT2D eigenvalue weighted by Gasteiger charge is -2.22. The van der Waals surface area contributed by atoms with Gasteiger partial charge in [-0.05, 0) is 55.0 Å². The Labute approximate surface area is 186 Å². The van der Waals surface area contributed by atoms with Gasteiger partial charge < -0.3 is 10.1 Å². The van der Waals surface area contributed by atoms with Crippen LogP contribution in [0.5, 0.6) is 0 Å². The van der Waals surface area contributed by atoms with Gasteiger partial charge in [-0.1, -0.05) is 29.8 Å². The summed E-state index contributed by atoms with van der Waals surface area (Å²) in [5, 5.41) is 3.79. The van der Waals surface area contributed by atoms with E-state index in [4.69, 9.17) is 4.74 Å². The quantitative estimate of drug-likeness (QED) is 0.579. The Bertz CT molecular complexity index is 1180. The van der Waals surface area contributed by atoms with E-state index in [0.717, 1.165) is 40.7 Å². The number of hydrogen-bond donors (Lipinski definition) is 1. The molecule has 1 aliphatic rings. The summed E-state index contributed by atoms with van der Waals surface area (Å²) in [5.41, 5.74) is 2.62. The van der Waals surface area contributed by atoms with Crippen LogP contribution < -0.4 is 9.62 Å². The van der Waals surface area contributed by atoms with Crippen molar-refractivity contribution in [3.63, 3.8) is 0 Å². The Morgan fingerprint density at radius 2 is 1.97 bits per heavy atom. The van der Waals surface area contributed by atoms with Crippen LogP contribution in [-0.4, -0.2) is 39.8 Å². The SMILES string of the molecule is Cc1ccc(CN(c2ccc3sc(C(=O)NCC4CCCO4)cc3c2)S(C)(=O)=O)cc1. The molecular weight excluding hydrogens is 432 g/mol. The molecule has 3 aromatic rings. The number of aryl methyl sites for hydroxylation is 1. The van der Waals surface area contributed by atoms with Gasteiger partial charge in [0.2, 0.25) is 10.0 Å². The molecule has 1 amide bonds. The summed E-state index contributed by atoms with van der Waals surface area (Å²) in [6, 6.07) is 15.1. The zero-order chi connectivity index (χ0) is 22.0. The van der Waals surface area contributed by atoms with E-state index in [-0.39, 0.29) is 18.6 Å². The first-order chi connectivity index (χ1) is 14.8. The zero-order valence-corrected chi connectivity index (χ0v) is 19.3. The number of nitrogens with zero attached hydrogens (tertiary/aromatic N) is 1. The molecule has 0 spiro atoms. The van der Waals surface area contributed by atoms with Crippen LogP contribution in [0.1, 0.15) is 33.6 Å². The van der Waals surface area contributed by atoms with Crippen LogP contribution in [0.3, 0.4) is 0 Å². The maximum atomic E-state index is 12.6. The molecule has 2 heterocycles. The molecule has 0 saturated carbocycles. The highest BCUT2D eigenvalue weighted by Crippen LogP contribution is 2.31. The average Bonchev–Trinajstić information content (AvgIpc) is 3.39. The number of anilines is 1. The minimum atomic E-state index is -3.48. The van der Waals surface area contributed by atoms with E-state index in [1.807, 2.05) is 49.4 Å². The maximum Gasteiger partial charge on any atom is 0.261 e. The van der Waals surface area contributed by atoms with Gasteiger partial charge in [-0.25, -0.2) is 8.42 Å². The van der Waals surface area contributed by atoms with E-state index in [9.17, 15) is 13.2 Å². The van der Waals surface area contributed by atoms with Crippen molar-refractivity contribution in [2.45, 2.75) is 32.4 Å². The highest BCUT2D eigenvalue weighted by atomic mass is 32.2. The maximum absolute atomic E-state index is 12.6. The van der Waals surface area contributed by atoms with Crippen molar-refractivity contribution in [2.75, 3.05) is 23.7 Å². The predicted molar refractivity (Wildman–Crippen MR) is 125 cm³/mol. The van der Waals surface area contributed by atoms with Crippen LogP contribution in [0.4, 0.5) is 5.69 Å². The number of thiophene rings is 1. The van der Waals surface area contributed by atoms with Gasteiger partial charge in [0.1, 0.15) is 0 Å². The fourth-order valence-electron chi connectivity index (χ4n) is 3.66. The number of fused-ring (bicyclic) bond motifs is 1. The first-order valence-electron chi connectivity index (χ1n) is 10.3. The molecule has 31 heavy (non-hydrogen) atoms. The number of carbonyl (C=O) groups excluding carboxylic acids is 1. The van der Waals surface area contributed by atoms with E-state index in [0.29, 0.717) is 17.1 Å². The van der Waals surface area contributed by atoms with Gasteiger partial charge >= 0.3 is 0 Å². The molecule has 1 fully saturated rings. The monoisotopic (exact) mass is 458 g/mol. The Hall–Kier alpha value is -2.42. The molecule has 1 atom stereocenters. The van der Waals surface area contributed by atoms with Crippen LogP contribution in [-0.2, 0) is 21.3 Å². The van der Waals surface area contributed by atoms with E-state index in [1.54, 1.807) is 6.07 Å². The fraction of sp³-hybridized carbons (Fsp3) is 0.348. The van der Waals surface area contributed by atoms with Crippen molar-refractivity contribution >= 4 is 43.0 Å². The summed E-state index contributed by atoms with van der Waals surface area (Å²) in [6.07, 6.45) is 3.31. The van der Waals surface area contributed by atoms with Crippen LogP contribution in [0.25, 0.3) is 10.1 Å². The number of carbonyl (C=O) groups is 1. The lowest BCUT2D eigenvalue weighted by atomic mass is 10.1. The van der Waals surface area contributed by atoms with Crippen molar-refractivity contribution in [3.8, 4) is 0 Å². The lowest BCUT2D eigenvalue weighted by Crippen LogP contribution is -2.31. The predicted octanol–water partition coefficient (Wildman–Crippen LogP) is 4.08. The second-order valence-electron chi connectivity index (χ2n) is 7.93. The number of hydrogen-bond acceptors (Lipinski definition) is 5. The van der Waals surface area contributed by atoms with Gasteiger partial charge in [0.05, 0.1) is 29.5 Å². The number of ether oxygens (including phenoxy) is 1. The fourth-order valence-corrected chi connectivity index (χ4v) is 5.50. The molecule has 1 aromatic heterocycles. The number of sulfonamides is 1. The minimum absolute atomic E-state index is 0.0926. The number of nitrogens with one attached hydrogen (secondary N) is 1. The largest absolute Gasteiger partial charge is 0.376 e. The van der Waals surface area contributed by atoms with Crippen LogP contribution in [0.15, 0.2) is 48.5 Å². The molecule has 0 bridgehead atoms. The topological polar surface area (TPSA) is 75.7 Å². The van der Waals surface area contributed by atoms with Gasteiger partial charge in [0, 0.05) is 17.9 Å². The van der Waals surface area contributed by atoms with Crippen molar-refractivity contribution in [1.82, 2.24) is 5.32 Å². The lowest BCUT2D eigenvalue weighted by molar-refractivity contribution is 0.0861. The van der Waals surface area contributed by atoms with Crippen molar-refractivity contribution in [3.05, 3.63) is 64.5 Å². The molecule has 2 aromatic carbocycles. The average molecular weight is 459 g/mol. The van der Waals surface area contributed by atoms with E-state index < -0.39 is 10.0 Å². The van der Waals surface area contributed by atoms with Crippen LogP contribution >= 0.6 is 11.3 Å². The molecule has 0 aliphatic carbocycles. The van der Waals surface area contributed by atoms with Crippen molar-refractivity contribution < 1.29 is 17.9 Å². The van der Waals surface area contributed by atoms with Gasteiger partial charge in [0.25, 0.3) is 5.91 Å². The Morgan fingerprint density at radius 1 is 1.19 bits per heavy atom.